The Kier molecular flexibility index (Phi) is 6.46. The lowest BCUT2D eigenvalue weighted by atomic mass is 9.71. The van der Waals surface area contributed by atoms with Crippen LogP contribution in [0.5, 0.6) is 0 Å². The molecular formula is C29H23ClF2N2O2. The number of hydrogen-bond acceptors (Lipinski definition) is 3. The van der Waals surface area contributed by atoms with E-state index < -0.39 is 23.5 Å². The van der Waals surface area contributed by atoms with E-state index in [1.165, 1.54) is 6.07 Å². The number of rotatable bonds is 4. The lowest BCUT2D eigenvalue weighted by molar-refractivity contribution is -0.116. The first-order valence-corrected chi connectivity index (χ1v) is 12.0. The molecule has 0 radical (unpaired) electrons. The molecule has 0 unspecified atom stereocenters. The summed E-state index contributed by atoms with van der Waals surface area (Å²) >= 11 is 6.57. The minimum Gasteiger partial charge on any atom is -0.362 e. The van der Waals surface area contributed by atoms with Crippen molar-refractivity contribution in [1.82, 2.24) is 5.32 Å². The van der Waals surface area contributed by atoms with Gasteiger partial charge >= 0.3 is 0 Å². The first-order chi connectivity index (χ1) is 17.3. The van der Waals surface area contributed by atoms with Crippen molar-refractivity contribution in [2.45, 2.75) is 31.6 Å². The van der Waals surface area contributed by atoms with Crippen molar-refractivity contribution in [1.29, 1.82) is 0 Å². The molecule has 0 aromatic heterocycles. The Bertz CT molecular complexity index is 1430. The van der Waals surface area contributed by atoms with E-state index in [4.69, 9.17) is 11.6 Å². The highest BCUT2D eigenvalue weighted by atomic mass is 35.5. The third-order valence-electron chi connectivity index (χ3n) is 6.74. The molecule has 0 fully saturated rings. The molecule has 1 amide bonds. The summed E-state index contributed by atoms with van der Waals surface area (Å²) in [6, 6.07) is 19.9. The van der Waals surface area contributed by atoms with Gasteiger partial charge in [-0.15, -0.1) is 0 Å². The zero-order valence-corrected chi connectivity index (χ0v) is 20.2. The number of Topliss-reactive ketones (excluding diaryl/α,β-unsaturated/α-hetero) is 1. The van der Waals surface area contributed by atoms with Crippen LogP contribution in [0.3, 0.4) is 0 Å². The number of nitrogens with one attached hydrogen (secondary N) is 2. The minimum atomic E-state index is -0.890. The van der Waals surface area contributed by atoms with Crippen LogP contribution in [0.1, 0.15) is 42.7 Å². The Balaban J connectivity index is 1.58. The highest BCUT2D eigenvalue weighted by Gasteiger charge is 2.41. The molecule has 1 heterocycles. The molecule has 0 bridgehead atoms. The zero-order valence-electron chi connectivity index (χ0n) is 19.4. The van der Waals surface area contributed by atoms with E-state index in [1.54, 1.807) is 31.2 Å². The van der Waals surface area contributed by atoms with Crippen LogP contribution in [0.4, 0.5) is 14.5 Å². The fourth-order valence-electron chi connectivity index (χ4n) is 5.10. The van der Waals surface area contributed by atoms with E-state index >= 15 is 0 Å². The highest BCUT2D eigenvalue weighted by molar-refractivity contribution is 6.31. The molecule has 2 N–H and O–H groups in total. The molecular weight excluding hydrogens is 482 g/mol. The maximum atomic E-state index is 14.3. The standard InChI is InChI=1S/C29H23ClF2N2O2/c1-16-26(29(36)34-23-12-11-19(31)15-22(23)32)27(20-9-5-6-10-21(20)30)28-24(33-16)13-18(14-25(28)35)17-7-3-2-4-8-17/h2-12,15,18,27,33H,13-14H2,1H3,(H,34,36)/t18-,27-/m0/s1. The third kappa shape index (κ3) is 4.44. The summed E-state index contributed by atoms with van der Waals surface area (Å²) in [5.41, 5.74) is 3.59. The fraction of sp³-hybridized carbons (Fsp3) is 0.172. The van der Waals surface area contributed by atoms with Crippen LogP contribution in [-0.4, -0.2) is 11.7 Å². The molecule has 182 valence electrons. The van der Waals surface area contributed by atoms with Crippen molar-refractivity contribution >= 4 is 29.0 Å². The second kappa shape index (κ2) is 9.70. The summed E-state index contributed by atoms with van der Waals surface area (Å²) in [5.74, 6) is -3.03. The van der Waals surface area contributed by atoms with Crippen LogP contribution in [-0.2, 0) is 9.59 Å². The van der Waals surface area contributed by atoms with E-state index in [-0.39, 0.29) is 23.0 Å². The van der Waals surface area contributed by atoms with Gasteiger partial charge in [0.1, 0.15) is 11.6 Å². The van der Waals surface area contributed by atoms with Gasteiger partial charge in [0.15, 0.2) is 5.78 Å². The Morgan fingerprint density at radius 3 is 2.44 bits per heavy atom. The number of amides is 1. The topological polar surface area (TPSA) is 58.2 Å². The van der Waals surface area contributed by atoms with Crippen LogP contribution in [0.2, 0.25) is 5.02 Å². The molecule has 2 atom stereocenters. The van der Waals surface area contributed by atoms with Crippen LogP contribution in [0, 0.1) is 11.6 Å². The Labute approximate surface area is 212 Å². The molecule has 1 aliphatic carbocycles. The largest absolute Gasteiger partial charge is 0.362 e. The quantitative estimate of drug-likeness (QED) is 0.420. The van der Waals surface area contributed by atoms with Crippen LogP contribution in [0.25, 0.3) is 0 Å². The van der Waals surface area contributed by atoms with Crippen molar-refractivity contribution < 1.29 is 18.4 Å². The predicted octanol–water partition coefficient (Wildman–Crippen LogP) is 6.62. The minimum absolute atomic E-state index is 0.00772. The van der Waals surface area contributed by atoms with E-state index in [0.717, 1.165) is 17.3 Å². The predicted molar refractivity (Wildman–Crippen MR) is 135 cm³/mol. The lowest BCUT2D eigenvalue weighted by Gasteiger charge is -2.37. The Morgan fingerprint density at radius 2 is 1.72 bits per heavy atom. The number of allylic oxidation sites excluding steroid dienone is 3. The third-order valence-corrected chi connectivity index (χ3v) is 7.08. The second-order valence-corrected chi connectivity index (χ2v) is 9.43. The van der Waals surface area contributed by atoms with Crippen LogP contribution >= 0.6 is 11.6 Å². The van der Waals surface area contributed by atoms with Gasteiger partial charge < -0.3 is 10.6 Å². The summed E-state index contributed by atoms with van der Waals surface area (Å²) in [5, 5.41) is 6.25. The number of hydrogen-bond donors (Lipinski definition) is 2. The maximum Gasteiger partial charge on any atom is 0.254 e. The molecule has 0 spiro atoms. The first-order valence-electron chi connectivity index (χ1n) is 11.6. The normalized spacial score (nSPS) is 19.6. The monoisotopic (exact) mass is 504 g/mol. The molecule has 1 aliphatic heterocycles. The van der Waals surface area contributed by atoms with Gasteiger partial charge in [0.05, 0.1) is 5.69 Å². The van der Waals surface area contributed by atoms with Gasteiger partial charge in [-0.2, -0.15) is 0 Å². The molecule has 4 nitrogen and oxygen atoms in total. The van der Waals surface area contributed by atoms with Crippen molar-refractivity contribution in [3.05, 3.63) is 123 Å². The van der Waals surface area contributed by atoms with Gasteiger partial charge in [-0.25, -0.2) is 8.78 Å². The number of halogens is 3. The van der Waals surface area contributed by atoms with Crippen LogP contribution in [0.15, 0.2) is 95.3 Å². The smallest absolute Gasteiger partial charge is 0.254 e. The molecule has 3 aromatic carbocycles. The number of anilines is 1. The Hall–Kier alpha value is -3.77. The highest BCUT2D eigenvalue weighted by Crippen LogP contribution is 2.47. The van der Waals surface area contributed by atoms with Crippen molar-refractivity contribution in [2.24, 2.45) is 0 Å². The summed E-state index contributed by atoms with van der Waals surface area (Å²) in [7, 11) is 0. The number of benzene rings is 3. The SMILES string of the molecule is CC1=C(C(=O)Nc2ccc(F)cc2F)[C@H](c2ccccc2Cl)C2=C(C[C@H](c3ccccc3)CC2=O)N1. The first kappa shape index (κ1) is 23.9. The summed E-state index contributed by atoms with van der Waals surface area (Å²) in [4.78, 5) is 27.2. The second-order valence-electron chi connectivity index (χ2n) is 9.03. The van der Waals surface area contributed by atoms with Crippen molar-refractivity contribution in [3.63, 3.8) is 0 Å². The summed E-state index contributed by atoms with van der Waals surface area (Å²) < 4.78 is 27.7. The van der Waals surface area contributed by atoms with Crippen LogP contribution < -0.4 is 10.6 Å². The average Bonchev–Trinajstić information content (AvgIpc) is 2.85. The molecule has 3 aromatic rings. The molecule has 7 heteroatoms. The number of ketones is 1. The number of carbonyl (C=O) groups excluding carboxylic acids is 2. The van der Waals surface area contributed by atoms with E-state index in [1.807, 2.05) is 30.3 Å². The van der Waals surface area contributed by atoms with Gasteiger partial charge in [0.25, 0.3) is 5.91 Å². The Morgan fingerprint density at radius 1 is 1.00 bits per heavy atom. The van der Waals surface area contributed by atoms with Crippen molar-refractivity contribution in [3.8, 4) is 0 Å². The molecule has 36 heavy (non-hydrogen) atoms. The zero-order chi connectivity index (χ0) is 25.4. The van der Waals surface area contributed by atoms with Gasteiger partial charge in [-0.1, -0.05) is 60.1 Å². The number of carbonyl (C=O) groups is 2. The lowest BCUT2D eigenvalue weighted by Crippen LogP contribution is -2.37. The summed E-state index contributed by atoms with van der Waals surface area (Å²) in [6.45, 7) is 1.75. The van der Waals surface area contributed by atoms with Gasteiger partial charge in [-0.3, -0.25) is 9.59 Å². The van der Waals surface area contributed by atoms with Crippen molar-refractivity contribution in [2.75, 3.05) is 5.32 Å². The fourth-order valence-corrected chi connectivity index (χ4v) is 5.35. The molecule has 0 saturated heterocycles. The van der Waals surface area contributed by atoms with Gasteiger partial charge in [0.2, 0.25) is 0 Å². The average molecular weight is 505 g/mol. The number of dihydropyridines is 1. The van der Waals surface area contributed by atoms with Gasteiger partial charge in [0, 0.05) is 46.0 Å². The molecule has 5 rings (SSSR count). The molecule has 2 aliphatic rings. The summed E-state index contributed by atoms with van der Waals surface area (Å²) in [6.07, 6.45) is 0.900. The van der Waals surface area contributed by atoms with E-state index in [9.17, 15) is 18.4 Å². The van der Waals surface area contributed by atoms with E-state index in [2.05, 4.69) is 10.6 Å². The maximum absolute atomic E-state index is 14.3. The van der Waals surface area contributed by atoms with Gasteiger partial charge in [-0.05, 0) is 48.6 Å². The molecule has 0 saturated carbocycles. The van der Waals surface area contributed by atoms with E-state index in [0.29, 0.717) is 40.8 Å².